The summed E-state index contributed by atoms with van der Waals surface area (Å²) in [5.41, 5.74) is -0.559. The lowest BCUT2D eigenvalue weighted by Crippen LogP contribution is -2.00. The first-order chi connectivity index (χ1) is 6.91. The van der Waals surface area contributed by atoms with E-state index in [1.165, 1.54) is 6.92 Å². The van der Waals surface area contributed by atoms with E-state index in [0.717, 1.165) is 6.07 Å². The highest BCUT2D eigenvalue weighted by Crippen LogP contribution is 2.27. The van der Waals surface area contributed by atoms with Crippen LogP contribution in [0.25, 0.3) is 0 Å². The summed E-state index contributed by atoms with van der Waals surface area (Å²) >= 11 is 0. The van der Waals surface area contributed by atoms with Gasteiger partial charge in [0.1, 0.15) is 5.78 Å². The Morgan fingerprint density at radius 2 is 2.20 bits per heavy atom. The maximum atomic E-state index is 13.0. The van der Waals surface area contributed by atoms with E-state index in [9.17, 15) is 24.4 Å². The van der Waals surface area contributed by atoms with Crippen molar-refractivity contribution in [2.24, 2.45) is 0 Å². The summed E-state index contributed by atoms with van der Waals surface area (Å²) in [7, 11) is 0. The number of non-ortho nitro benzene ring substituents is 1. The van der Waals surface area contributed by atoms with Gasteiger partial charge in [-0.05, 0) is 6.92 Å². The van der Waals surface area contributed by atoms with Gasteiger partial charge < -0.3 is 5.11 Å². The number of aromatic hydroxyl groups is 1. The molecule has 5 nitrogen and oxygen atoms in total. The van der Waals surface area contributed by atoms with E-state index < -0.39 is 22.2 Å². The number of hydrogen-bond donors (Lipinski definition) is 1. The molecule has 0 unspecified atom stereocenters. The largest absolute Gasteiger partial charge is 0.505 e. The van der Waals surface area contributed by atoms with Crippen LogP contribution >= 0.6 is 0 Å². The molecule has 0 bridgehead atoms. The first kappa shape index (κ1) is 11.1. The lowest BCUT2D eigenvalue weighted by atomic mass is 10.1. The number of Topliss-reactive ketones (excluding diaryl/α,β-unsaturated/α-hetero) is 1. The summed E-state index contributed by atoms with van der Waals surface area (Å²) in [5.74, 6) is -2.12. The third-order valence-corrected chi connectivity index (χ3v) is 1.78. The van der Waals surface area contributed by atoms with Crippen LogP contribution in [0.15, 0.2) is 12.1 Å². The number of benzene rings is 1. The maximum absolute atomic E-state index is 13.0. The second kappa shape index (κ2) is 4.04. The molecular weight excluding hydrogens is 205 g/mol. The highest BCUT2D eigenvalue weighted by molar-refractivity contribution is 5.79. The first-order valence-corrected chi connectivity index (χ1v) is 4.07. The zero-order valence-electron chi connectivity index (χ0n) is 7.86. The van der Waals surface area contributed by atoms with Gasteiger partial charge in [-0.15, -0.1) is 0 Å². The van der Waals surface area contributed by atoms with Crippen molar-refractivity contribution < 1.29 is 19.2 Å². The van der Waals surface area contributed by atoms with E-state index in [4.69, 9.17) is 0 Å². The van der Waals surface area contributed by atoms with E-state index in [2.05, 4.69) is 0 Å². The van der Waals surface area contributed by atoms with Crippen molar-refractivity contribution in [2.75, 3.05) is 0 Å². The Labute approximate surface area is 84.3 Å². The normalized spacial score (nSPS) is 10.0. The molecule has 1 N–H and O–H groups in total. The lowest BCUT2D eigenvalue weighted by molar-refractivity contribution is -0.385. The van der Waals surface area contributed by atoms with Crippen LogP contribution in [0.1, 0.15) is 12.5 Å². The van der Waals surface area contributed by atoms with E-state index in [1.807, 2.05) is 0 Å². The molecule has 0 saturated heterocycles. The van der Waals surface area contributed by atoms with Gasteiger partial charge >= 0.3 is 0 Å². The number of phenolic OH excluding ortho intramolecular Hbond substituents is 1. The van der Waals surface area contributed by atoms with Crippen molar-refractivity contribution in [3.8, 4) is 5.75 Å². The molecule has 0 atom stereocenters. The molecule has 0 heterocycles. The quantitative estimate of drug-likeness (QED) is 0.610. The Morgan fingerprint density at radius 1 is 1.60 bits per heavy atom. The fraction of sp³-hybridized carbons (Fsp3) is 0.222. The number of phenols is 1. The van der Waals surface area contributed by atoms with Gasteiger partial charge in [0, 0.05) is 18.1 Å². The smallest absolute Gasteiger partial charge is 0.272 e. The van der Waals surface area contributed by atoms with Crippen LogP contribution in [-0.4, -0.2) is 15.8 Å². The molecule has 0 aliphatic heterocycles. The molecule has 0 aliphatic rings. The minimum absolute atomic E-state index is 0.0748. The molecule has 1 rings (SSSR count). The van der Waals surface area contributed by atoms with Crippen LogP contribution < -0.4 is 0 Å². The second-order valence-electron chi connectivity index (χ2n) is 3.07. The molecule has 0 aliphatic carbocycles. The highest BCUT2D eigenvalue weighted by Gasteiger charge is 2.16. The van der Waals surface area contributed by atoms with Gasteiger partial charge in [-0.1, -0.05) is 0 Å². The Balaban J connectivity index is 3.24. The maximum Gasteiger partial charge on any atom is 0.272 e. The van der Waals surface area contributed by atoms with Crippen molar-refractivity contribution in [2.45, 2.75) is 13.3 Å². The second-order valence-corrected chi connectivity index (χ2v) is 3.07. The van der Waals surface area contributed by atoms with Crippen LogP contribution in [0, 0.1) is 15.9 Å². The Morgan fingerprint density at radius 3 is 2.67 bits per heavy atom. The lowest BCUT2D eigenvalue weighted by Gasteiger charge is -2.03. The van der Waals surface area contributed by atoms with Crippen molar-refractivity contribution in [3.05, 3.63) is 33.6 Å². The number of halogens is 1. The molecule has 15 heavy (non-hydrogen) atoms. The topological polar surface area (TPSA) is 80.4 Å². The van der Waals surface area contributed by atoms with Crippen molar-refractivity contribution >= 4 is 11.5 Å². The number of nitro groups is 1. The van der Waals surface area contributed by atoms with Crippen LogP contribution in [0.2, 0.25) is 0 Å². The standard InChI is InChI=1S/C9H8FNO4/c1-5(12)2-6-3-7(11(14)15)4-8(10)9(6)13/h3-4,13H,2H2,1H3. The number of nitro benzene ring substituents is 1. The minimum Gasteiger partial charge on any atom is -0.505 e. The van der Waals surface area contributed by atoms with Crippen LogP contribution in [-0.2, 0) is 11.2 Å². The van der Waals surface area contributed by atoms with Gasteiger partial charge in [0.05, 0.1) is 11.0 Å². The predicted octanol–water partition coefficient (Wildman–Crippen LogP) is 1.57. The summed E-state index contributed by atoms with van der Waals surface area (Å²) in [5, 5.41) is 19.6. The van der Waals surface area contributed by atoms with Crippen LogP contribution in [0.3, 0.4) is 0 Å². The van der Waals surface area contributed by atoms with E-state index in [0.29, 0.717) is 6.07 Å². The molecule has 80 valence electrons. The van der Waals surface area contributed by atoms with Gasteiger partial charge in [0.25, 0.3) is 5.69 Å². The molecular formula is C9H8FNO4. The number of carbonyl (C=O) groups is 1. The molecule has 0 amide bonds. The first-order valence-electron chi connectivity index (χ1n) is 4.07. The third-order valence-electron chi connectivity index (χ3n) is 1.78. The van der Waals surface area contributed by atoms with Gasteiger partial charge in [-0.2, -0.15) is 0 Å². The SMILES string of the molecule is CC(=O)Cc1cc([N+](=O)[O-])cc(F)c1O. The molecule has 0 aromatic heterocycles. The Kier molecular flexibility index (Phi) is 2.99. The molecule has 6 heteroatoms. The molecule has 1 aromatic carbocycles. The fourth-order valence-electron chi connectivity index (χ4n) is 1.15. The highest BCUT2D eigenvalue weighted by atomic mass is 19.1. The predicted molar refractivity (Wildman–Crippen MR) is 49.1 cm³/mol. The van der Waals surface area contributed by atoms with Crippen molar-refractivity contribution in [3.63, 3.8) is 0 Å². The van der Waals surface area contributed by atoms with Gasteiger partial charge in [-0.25, -0.2) is 4.39 Å². The Hall–Kier alpha value is -1.98. The van der Waals surface area contributed by atoms with E-state index >= 15 is 0 Å². The zero-order chi connectivity index (χ0) is 11.6. The number of ketones is 1. The van der Waals surface area contributed by atoms with Gasteiger partial charge in [0.15, 0.2) is 11.6 Å². The average Bonchev–Trinajstić information content (AvgIpc) is 2.11. The van der Waals surface area contributed by atoms with Gasteiger partial charge in [-0.3, -0.25) is 14.9 Å². The number of rotatable bonds is 3. The summed E-state index contributed by atoms with van der Waals surface area (Å²) in [4.78, 5) is 20.3. The zero-order valence-corrected chi connectivity index (χ0v) is 7.86. The average molecular weight is 213 g/mol. The molecule has 1 aromatic rings. The number of nitrogens with zero attached hydrogens (tertiary/aromatic N) is 1. The molecule has 0 fully saturated rings. The fourth-order valence-corrected chi connectivity index (χ4v) is 1.15. The number of hydrogen-bond acceptors (Lipinski definition) is 4. The summed E-state index contributed by atoms with van der Waals surface area (Å²) in [6.45, 7) is 1.25. The van der Waals surface area contributed by atoms with Crippen LogP contribution in [0.5, 0.6) is 5.75 Å². The summed E-state index contributed by atoms with van der Waals surface area (Å²) in [6.07, 6.45) is -0.232. The van der Waals surface area contributed by atoms with Crippen LogP contribution in [0.4, 0.5) is 10.1 Å². The molecule has 0 saturated carbocycles. The molecule has 0 spiro atoms. The number of carbonyl (C=O) groups excluding carboxylic acids is 1. The minimum atomic E-state index is -1.10. The molecule has 0 radical (unpaired) electrons. The van der Waals surface area contributed by atoms with E-state index in [1.54, 1.807) is 0 Å². The van der Waals surface area contributed by atoms with Crippen molar-refractivity contribution in [1.82, 2.24) is 0 Å². The summed E-state index contributed by atoms with van der Waals surface area (Å²) in [6, 6.07) is 1.60. The monoisotopic (exact) mass is 213 g/mol. The summed E-state index contributed by atoms with van der Waals surface area (Å²) < 4.78 is 13.0. The Bertz CT molecular complexity index is 430. The van der Waals surface area contributed by atoms with E-state index in [-0.39, 0.29) is 17.8 Å². The third kappa shape index (κ3) is 2.49. The van der Waals surface area contributed by atoms with Gasteiger partial charge in [0.2, 0.25) is 0 Å². The van der Waals surface area contributed by atoms with Crippen molar-refractivity contribution in [1.29, 1.82) is 0 Å².